The topological polar surface area (TPSA) is 112 Å². The van der Waals surface area contributed by atoms with Crippen LogP contribution in [0.5, 0.6) is 5.75 Å². The van der Waals surface area contributed by atoms with Crippen LogP contribution in [0.1, 0.15) is 11.4 Å². The van der Waals surface area contributed by atoms with Crippen LogP contribution in [-0.2, 0) is 4.79 Å². The highest BCUT2D eigenvalue weighted by atomic mass is 32.2. The van der Waals surface area contributed by atoms with Crippen molar-refractivity contribution in [3.63, 3.8) is 0 Å². The van der Waals surface area contributed by atoms with E-state index in [0.29, 0.717) is 22.3 Å². The van der Waals surface area contributed by atoms with Crippen molar-refractivity contribution >= 4 is 34.6 Å². The molecule has 3 aromatic rings. The summed E-state index contributed by atoms with van der Waals surface area (Å²) in [4.78, 5) is 15.9. The first kappa shape index (κ1) is 17.5. The van der Waals surface area contributed by atoms with E-state index in [4.69, 9.17) is 10.00 Å². The molecule has 0 fully saturated rings. The van der Waals surface area contributed by atoms with E-state index in [0.717, 1.165) is 22.5 Å². The lowest BCUT2D eigenvalue weighted by atomic mass is 10.0. The van der Waals surface area contributed by atoms with Gasteiger partial charge in [0.15, 0.2) is 6.61 Å². The normalized spacial score (nSPS) is 11.3. The van der Waals surface area contributed by atoms with E-state index in [1.165, 1.54) is 6.08 Å². The summed E-state index contributed by atoms with van der Waals surface area (Å²) in [5.41, 5.74) is 0.593. The summed E-state index contributed by atoms with van der Waals surface area (Å²) in [6.07, 6.45) is 1.52. The Bertz CT molecular complexity index is 1040. The molecule has 0 saturated carbocycles. The molecule has 1 aromatic heterocycles. The van der Waals surface area contributed by atoms with Crippen molar-refractivity contribution in [2.75, 3.05) is 6.61 Å². The highest BCUT2D eigenvalue weighted by Crippen LogP contribution is 2.33. The lowest BCUT2D eigenvalue weighted by Gasteiger charge is -2.11. The molecule has 0 aliphatic heterocycles. The summed E-state index contributed by atoms with van der Waals surface area (Å²) in [5.74, 6) is -0.0622. The fourth-order valence-electron chi connectivity index (χ4n) is 2.39. The van der Waals surface area contributed by atoms with Gasteiger partial charge in [0.25, 0.3) is 0 Å². The number of hydrogen-bond donors (Lipinski definition) is 2. The standard InChI is InChI=1S/C18H14N4O3S/c1-11-20-18(22-21-11)26-16(17(23)24)10-14-13-5-3-2-4-12(13)6-7-15(14)25-9-8-19/h2-7,10H,9H2,1H3,(H,23,24)(H,20,21,22)/b16-10-. The molecule has 1 heterocycles. The number of nitrogens with one attached hydrogen (secondary N) is 1. The van der Waals surface area contributed by atoms with E-state index in [2.05, 4.69) is 15.2 Å². The number of thioether (sulfide) groups is 1. The van der Waals surface area contributed by atoms with E-state index in [-0.39, 0.29) is 11.5 Å². The van der Waals surface area contributed by atoms with E-state index in [1.54, 1.807) is 13.0 Å². The molecule has 0 radical (unpaired) electrons. The van der Waals surface area contributed by atoms with Crippen LogP contribution in [0.2, 0.25) is 0 Å². The highest BCUT2D eigenvalue weighted by Gasteiger charge is 2.16. The number of fused-ring (bicyclic) bond motifs is 1. The fraction of sp³-hybridized carbons (Fsp3) is 0.111. The summed E-state index contributed by atoms with van der Waals surface area (Å²) in [5, 5.41) is 27.1. The lowest BCUT2D eigenvalue weighted by molar-refractivity contribution is -0.131. The minimum atomic E-state index is -1.10. The maximum atomic E-state index is 11.7. The second-order valence-electron chi connectivity index (χ2n) is 5.26. The number of carboxylic acid groups (broad SMARTS) is 1. The number of ether oxygens (including phenoxy) is 1. The van der Waals surface area contributed by atoms with E-state index >= 15 is 0 Å². The second-order valence-corrected chi connectivity index (χ2v) is 6.27. The van der Waals surface area contributed by atoms with Crippen molar-refractivity contribution in [1.82, 2.24) is 15.2 Å². The first-order valence-corrected chi connectivity index (χ1v) is 8.43. The van der Waals surface area contributed by atoms with Gasteiger partial charge in [-0.2, -0.15) is 5.26 Å². The van der Waals surface area contributed by atoms with Crippen LogP contribution in [0.25, 0.3) is 16.8 Å². The molecule has 0 atom stereocenters. The van der Waals surface area contributed by atoms with Gasteiger partial charge in [0.2, 0.25) is 5.16 Å². The molecule has 0 aliphatic rings. The van der Waals surface area contributed by atoms with Crippen molar-refractivity contribution in [2.45, 2.75) is 12.1 Å². The van der Waals surface area contributed by atoms with Crippen molar-refractivity contribution in [3.05, 3.63) is 52.7 Å². The lowest BCUT2D eigenvalue weighted by Crippen LogP contribution is -2.00. The van der Waals surface area contributed by atoms with Crippen molar-refractivity contribution in [1.29, 1.82) is 5.26 Å². The van der Waals surface area contributed by atoms with Gasteiger partial charge < -0.3 is 9.84 Å². The van der Waals surface area contributed by atoms with Crippen LogP contribution in [-0.4, -0.2) is 32.9 Å². The summed E-state index contributed by atoms with van der Waals surface area (Å²) in [6, 6.07) is 13.1. The molecule has 0 bridgehead atoms. The molecule has 0 unspecified atom stereocenters. The minimum absolute atomic E-state index is 0.0437. The zero-order chi connectivity index (χ0) is 18.5. The third kappa shape index (κ3) is 3.84. The van der Waals surface area contributed by atoms with Gasteiger partial charge in [-0.25, -0.2) is 9.78 Å². The van der Waals surface area contributed by atoms with Gasteiger partial charge in [-0.1, -0.05) is 30.3 Å². The molecule has 0 amide bonds. The van der Waals surface area contributed by atoms with E-state index in [9.17, 15) is 9.90 Å². The largest absolute Gasteiger partial charge is 0.478 e. The van der Waals surface area contributed by atoms with Crippen LogP contribution >= 0.6 is 11.8 Å². The van der Waals surface area contributed by atoms with Crippen molar-refractivity contribution in [2.24, 2.45) is 0 Å². The number of nitrogens with zero attached hydrogens (tertiary/aromatic N) is 3. The molecule has 0 spiro atoms. The molecule has 2 aromatic carbocycles. The second kappa shape index (κ2) is 7.72. The van der Waals surface area contributed by atoms with Crippen LogP contribution in [0.4, 0.5) is 0 Å². The number of aromatic nitrogens is 3. The third-order valence-electron chi connectivity index (χ3n) is 3.49. The number of carbonyl (C=O) groups is 1. The molecule has 0 aliphatic carbocycles. The Kier molecular flexibility index (Phi) is 5.20. The molecular weight excluding hydrogens is 352 g/mol. The molecule has 8 heteroatoms. The average molecular weight is 366 g/mol. The number of hydrogen-bond acceptors (Lipinski definition) is 6. The maximum Gasteiger partial charge on any atom is 0.342 e. The quantitative estimate of drug-likeness (QED) is 0.508. The van der Waals surface area contributed by atoms with E-state index < -0.39 is 5.97 Å². The first-order chi connectivity index (χ1) is 12.6. The van der Waals surface area contributed by atoms with E-state index in [1.807, 2.05) is 36.4 Å². The zero-order valence-corrected chi connectivity index (χ0v) is 14.6. The van der Waals surface area contributed by atoms with Gasteiger partial charge in [0.05, 0.1) is 0 Å². The Labute approximate surface area is 153 Å². The smallest absolute Gasteiger partial charge is 0.342 e. The average Bonchev–Trinajstić information content (AvgIpc) is 3.05. The summed E-state index contributed by atoms with van der Waals surface area (Å²) in [7, 11) is 0. The van der Waals surface area contributed by atoms with Crippen LogP contribution in [0.3, 0.4) is 0 Å². The summed E-state index contributed by atoms with van der Waals surface area (Å²) < 4.78 is 5.48. The van der Waals surface area contributed by atoms with Crippen molar-refractivity contribution < 1.29 is 14.6 Å². The molecule has 130 valence electrons. The van der Waals surface area contributed by atoms with Gasteiger partial charge in [0, 0.05) is 5.56 Å². The van der Waals surface area contributed by atoms with Gasteiger partial charge in [-0.05, 0) is 41.6 Å². The summed E-state index contributed by atoms with van der Waals surface area (Å²) in [6.45, 7) is 1.61. The Morgan fingerprint density at radius 2 is 2.19 bits per heavy atom. The Hall–Kier alpha value is -3.31. The number of rotatable bonds is 6. The number of benzene rings is 2. The third-order valence-corrected chi connectivity index (χ3v) is 4.36. The predicted molar refractivity (Wildman–Crippen MR) is 97.6 cm³/mol. The predicted octanol–water partition coefficient (Wildman–Crippen LogP) is 3.39. The van der Waals surface area contributed by atoms with Gasteiger partial charge in [0.1, 0.15) is 22.5 Å². The van der Waals surface area contributed by atoms with Crippen LogP contribution in [0, 0.1) is 18.3 Å². The number of nitriles is 1. The Morgan fingerprint density at radius 1 is 1.38 bits per heavy atom. The van der Waals surface area contributed by atoms with Crippen LogP contribution < -0.4 is 4.74 Å². The Balaban J connectivity index is 2.11. The Morgan fingerprint density at radius 3 is 2.88 bits per heavy atom. The number of aliphatic carboxylic acids is 1. The number of aryl methyl sites for hydroxylation is 1. The number of carboxylic acids is 1. The van der Waals surface area contributed by atoms with Gasteiger partial charge in [-0.15, -0.1) is 5.10 Å². The number of aromatic amines is 1. The summed E-state index contributed by atoms with van der Waals surface area (Å²) >= 11 is 0.941. The molecule has 0 saturated heterocycles. The van der Waals surface area contributed by atoms with Gasteiger partial charge in [-0.3, -0.25) is 5.10 Å². The molecule has 7 nitrogen and oxygen atoms in total. The minimum Gasteiger partial charge on any atom is -0.478 e. The zero-order valence-electron chi connectivity index (χ0n) is 13.8. The molecular formula is C18H14N4O3S. The molecule has 3 rings (SSSR count). The van der Waals surface area contributed by atoms with Gasteiger partial charge >= 0.3 is 5.97 Å². The molecule has 2 N–H and O–H groups in total. The fourth-order valence-corrected chi connectivity index (χ4v) is 3.13. The van der Waals surface area contributed by atoms with Crippen molar-refractivity contribution in [3.8, 4) is 11.8 Å². The maximum absolute atomic E-state index is 11.7. The first-order valence-electron chi connectivity index (χ1n) is 7.62. The monoisotopic (exact) mass is 366 g/mol. The SMILES string of the molecule is Cc1nc(S/C(=C\c2c(OCC#N)ccc3ccccc23)C(=O)O)n[nH]1. The van der Waals surface area contributed by atoms with Crippen LogP contribution in [0.15, 0.2) is 46.5 Å². The molecule has 26 heavy (non-hydrogen) atoms. The number of H-pyrrole nitrogens is 1. The highest BCUT2D eigenvalue weighted by molar-refractivity contribution is 8.04.